The molecule has 1 aromatic heterocycles. The normalized spacial score (nSPS) is 15.2. The topological polar surface area (TPSA) is 120 Å². The number of aliphatic hydroxyl groups excluding tert-OH is 1. The number of rotatable bonds is 6. The van der Waals surface area contributed by atoms with Crippen LogP contribution in [0.1, 0.15) is 45.6 Å². The summed E-state index contributed by atoms with van der Waals surface area (Å²) in [4.78, 5) is 22.6. The smallest absolute Gasteiger partial charge is 0.412 e. The van der Waals surface area contributed by atoms with Gasteiger partial charge in [0, 0.05) is 31.3 Å². The molecule has 1 aliphatic rings. The second-order valence-electron chi connectivity index (χ2n) is 8.82. The quantitative estimate of drug-likeness (QED) is 0.715. The predicted molar refractivity (Wildman–Crippen MR) is 118 cm³/mol. The molecule has 0 aliphatic carbocycles. The van der Waals surface area contributed by atoms with Crippen molar-refractivity contribution in [1.82, 2.24) is 9.97 Å². The van der Waals surface area contributed by atoms with Gasteiger partial charge in [-0.15, -0.1) is 0 Å². The lowest BCUT2D eigenvalue weighted by molar-refractivity contribution is 0.207. The van der Waals surface area contributed by atoms with Crippen molar-refractivity contribution in [2.45, 2.75) is 45.4 Å². The number of nitrogens with zero attached hydrogens (tertiary/aromatic N) is 3. The Morgan fingerprint density at radius 3 is 2.42 bits per heavy atom. The van der Waals surface area contributed by atoms with Gasteiger partial charge in [-0.25, -0.2) is 4.79 Å². The number of ether oxygens (including phenoxy) is 3. The van der Waals surface area contributed by atoms with Crippen LogP contribution in [0.3, 0.4) is 0 Å². The summed E-state index contributed by atoms with van der Waals surface area (Å²) in [6.07, 6.45) is 1.71. The first-order valence-electron chi connectivity index (χ1n) is 10.5. The summed E-state index contributed by atoms with van der Waals surface area (Å²) in [5.41, 5.74) is 6.42. The lowest BCUT2D eigenvalue weighted by Crippen LogP contribution is -2.35. The number of aromatic nitrogens is 2. The molecular formula is C22H32N4O5. The van der Waals surface area contributed by atoms with Crippen LogP contribution in [-0.2, 0) is 5.41 Å². The van der Waals surface area contributed by atoms with Crippen molar-refractivity contribution in [3.05, 3.63) is 11.6 Å². The fourth-order valence-electron chi connectivity index (χ4n) is 4.27. The Morgan fingerprint density at radius 2 is 1.90 bits per heavy atom. The number of carbonyl (C=O) groups is 1. The molecular weight excluding hydrogens is 400 g/mol. The average Bonchev–Trinajstić information content (AvgIpc) is 2.71. The average molecular weight is 433 g/mol. The first-order chi connectivity index (χ1) is 14.7. The molecule has 2 heterocycles. The standard InChI is InChI=1S/C22H32N4O5/c1-22(2,3)17-16-14(12-15(29-4)18(17)30-5)24-21(31-20(23)28)25-19(16)26-9-6-13(7-10-26)8-11-27/h12-13,27H,6-11H2,1-5H3,(H2,23,28). The number of anilines is 1. The molecule has 1 saturated heterocycles. The molecule has 0 unspecified atom stereocenters. The third kappa shape index (κ3) is 4.76. The van der Waals surface area contributed by atoms with Crippen molar-refractivity contribution in [3.8, 4) is 17.5 Å². The van der Waals surface area contributed by atoms with Gasteiger partial charge in [-0.2, -0.15) is 9.97 Å². The Kier molecular flexibility index (Phi) is 6.74. The molecule has 0 saturated carbocycles. The summed E-state index contributed by atoms with van der Waals surface area (Å²) in [7, 11) is 3.19. The highest BCUT2D eigenvalue weighted by Crippen LogP contribution is 2.46. The zero-order valence-electron chi connectivity index (χ0n) is 18.9. The number of hydrogen-bond donors (Lipinski definition) is 2. The van der Waals surface area contributed by atoms with Crippen LogP contribution in [0.15, 0.2) is 6.07 Å². The van der Waals surface area contributed by atoms with E-state index in [0.717, 1.165) is 43.3 Å². The number of aliphatic hydroxyl groups is 1. The van der Waals surface area contributed by atoms with Crippen LogP contribution in [0.2, 0.25) is 0 Å². The number of benzene rings is 1. The van der Waals surface area contributed by atoms with E-state index in [0.29, 0.717) is 28.8 Å². The molecule has 0 radical (unpaired) electrons. The van der Waals surface area contributed by atoms with Gasteiger partial charge in [0.25, 0.3) is 0 Å². The zero-order chi connectivity index (χ0) is 22.8. The molecule has 0 spiro atoms. The molecule has 9 heteroatoms. The minimum Gasteiger partial charge on any atom is -0.493 e. The maximum absolute atomic E-state index is 11.4. The number of carbonyl (C=O) groups excluding carboxylic acids is 1. The van der Waals surface area contributed by atoms with Gasteiger partial charge >= 0.3 is 12.1 Å². The molecule has 2 aromatic rings. The first kappa shape index (κ1) is 22.9. The summed E-state index contributed by atoms with van der Waals surface area (Å²) in [6, 6.07) is 1.67. The zero-order valence-corrected chi connectivity index (χ0v) is 18.9. The Morgan fingerprint density at radius 1 is 1.23 bits per heavy atom. The molecule has 0 atom stereocenters. The second kappa shape index (κ2) is 9.13. The van der Waals surface area contributed by atoms with Gasteiger partial charge < -0.3 is 30.0 Å². The van der Waals surface area contributed by atoms with E-state index in [9.17, 15) is 9.90 Å². The molecule has 0 bridgehead atoms. The SMILES string of the molecule is COc1cc2nc(OC(N)=O)nc(N3CCC(CCO)CC3)c2c(C(C)(C)C)c1OC. The van der Waals surface area contributed by atoms with Gasteiger partial charge in [-0.1, -0.05) is 20.8 Å². The van der Waals surface area contributed by atoms with Crippen LogP contribution < -0.4 is 24.8 Å². The van der Waals surface area contributed by atoms with Crippen molar-refractivity contribution in [2.24, 2.45) is 11.7 Å². The van der Waals surface area contributed by atoms with Gasteiger partial charge in [0.05, 0.1) is 25.1 Å². The predicted octanol–water partition coefficient (Wildman–Crippen LogP) is 3.00. The molecule has 31 heavy (non-hydrogen) atoms. The highest BCUT2D eigenvalue weighted by molar-refractivity contribution is 5.97. The molecule has 1 aliphatic heterocycles. The van der Waals surface area contributed by atoms with E-state index in [2.05, 4.69) is 35.6 Å². The lowest BCUT2D eigenvalue weighted by atomic mass is 9.83. The van der Waals surface area contributed by atoms with E-state index in [-0.39, 0.29) is 18.0 Å². The van der Waals surface area contributed by atoms with Crippen LogP contribution in [0.25, 0.3) is 10.9 Å². The largest absolute Gasteiger partial charge is 0.493 e. The fraction of sp³-hybridized carbons (Fsp3) is 0.591. The number of piperidine rings is 1. The van der Waals surface area contributed by atoms with Crippen molar-refractivity contribution >= 4 is 22.8 Å². The van der Waals surface area contributed by atoms with E-state index >= 15 is 0 Å². The molecule has 1 amide bonds. The minimum atomic E-state index is -0.969. The Balaban J connectivity index is 2.26. The first-order valence-corrected chi connectivity index (χ1v) is 10.5. The fourth-order valence-corrected chi connectivity index (χ4v) is 4.27. The lowest BCUT2D eigenvalue weighted by Gasteiger charge is -2.34. The Labute approximate surface area is 182 Å². The monoisotopic (exact) mass is 432 g/mol. The molecule has 3 rings (SSSR count). The Hall–Kier alpha value is -2.81. The van der Waals surface area contributed by atoms with Gasteiger partial charge in [-0.3, -0.25) is 0 Å². The summed E-state index contributed by atoms with van der Waals surface area (Å²) in [6.45, 7) is 8.01. The van der Waals surface area contributed by atoms with Crippen molar-refractivity contribution < 1.29 is 24.1 Å². The van der Waals surface area contributed by atoms with E-state index in [4.69, 9.17) is 19.9 Å². The maximum atomic E-state index is 11.4. The van der Waals surface area contributed by atoms with Crippen LogP contribution in [0, 0.1) is 5.92 Å². The van der Waals surface area contributed by atoms with E-state index < -0.39 is 6.09 Å². The second-order valence-corrected chi connectivity index (χ2v) is 8.82. The molecule has 170 valence electrons. The van der Waals surface area contributed by atoms with Gasteiger partial charge in [0.15, 0.2) is 11.5 Å². The van der Waals surface area contributed by atoms with Gasteiger partial charge in [0.2, 0.25) is 0 Å². The highest BCUT2D eigenvalue weighted by atomic mass is 16.6. The minimum absolute atomic E-state index is 0.0976. The number of methoxy groups -OCH3 is 2. The van der Waals surface area contributed by atoms with E-state index in [1.54, 1.807) is 20.3 Å². The number of fused-ring (bicyclic) bond motifs is 1. The third-order valence-electron chi connectivity index (χ3n) is 5.68. The summed E-state index contributed by atoms with van der Waals surface area (Å²) in [5.74, 6) is 2.32. The van der Waals surface area contributed by atoms with Crippen LogP contribution >= 0.6 is 0 Å². The molecule has 3 N–H and O–H groups in total. The summed E-state index contributed by atoms with van der Waals surface area (Å²) < 4.78 is 16.4. The van der Waals surface area contributed by atoms with Gasteiger partial charge in [0.1, 0.15) is 5.82 Å². The van der Waals surface area contributed by atoms with Crippen molar-refractivity contribution in [2.75, 3.05) is 38.8 Å². The van der Waals surface area contributed by atoms with Gasteiger partial charge in [-0.05, 0) is 30.6 Å². The van der Waals surface area contributed by atoms with E-state index in [1.807, 2.05) is 0 Å². The third-order valence-corrected chi connectivity index (χ3v) is 5.68. The number of amides is 1. The Bertz CT molecular complexity index is 949. The maximum Gasteiger partial charge on any atom is 0.412 e. The number of nitrogens with two attached hydrogens (primary N) is 1. The summed E-state index contributed by atoms with van der Waals surface area (Å²) in [5, 5.41) is 10.1. The summed E-state index contributed by atoms with van der Waals surface area (Å²) >= 11 is 0. The van der Waals surface area contributed by atoms with Crippen molar-refractivity contribution in [3.63, 3.8) is 0 Å². The van der Waals surface area contributed by atoms with E-state index in [1.165, 1.54) is 0 Å². The molecule has 1 aromatic carbocycles. The molecule has 9 nitrogen and oxygen atoms in total. The number of hydrogen-bond acceptors (Lipinski definition) is 8. The highest BCUT2D eigenvalue weighted by Gasteiger charge is 2.31. The van der Waals surface area contributed by atoms with Crippen molar-refractivity contribution in [1.29, 1.82) is 0 Å². The number of primary amides is 1. The van der Waals surface area contributed by atoms with Crippen LogP contribution in [0.5, 0.6) is 17.5 Å². The van der Waals surface area contributed by atoms with Crippen LogP contribution in [0.4, 0.5) is 10.6 Å². The van der Waals surface area contributed by atoms with Crippen LogP contribution in [-0.4, -0.2) is 55.1 Å². The molecule has 1 fully saturated rings.